The smallest absolute Gasteiger partial charge is 0.323 e. The molecular weight excluding hydrogens is 298 g/mol. The maximum absolute atomic E-state index is 11.2. The van der Waals surface area contributed by atoms with E-state index in [1.165, 1.54) is 12.1 Å². The minimum absolute atomic E-state index is 0.105. The van der Waals surface area contributed by atoms with Crippen LogP contribution in [0.2, 0.25) is 0 Å². The molecule has 23 heavy (non-hydrogen) atoms. The number of rotatable bonds is 7. The van der Waals surface area contributed by atoms with Gasteiger partial charge in [-0.25, -0.2) is 4.98 Å². The fourth-order valence-corrected chi connectivity index (χ4v) is 2.28. The second-order valence-electron chi connectivity index (χ2n) is 4.98. The fraction of sp³-hybridized carbons (Fsp3) is 0.250. The number of nitro groups is 1. The summed E-state index contributed by atoms with van der Waals surface area (Å²) in [6, 6.07) is 11.7. The molecule has 0 saturated heterocycles. The van der Waals surface area contributed by atoms with Crippen LogP contribution in [0.1, 0.15) is 13.3 Å². The molecule has 1 aromatic carbocycles. The van der Waals surface area contributed by atoms with Crippen LogP contribution in [0.3, 0.4) is 0 Å². The summed E-state index contributed by atoms with van der Waals surface area (Å²) in [4.78, 5) is 27.7. The maximum atomic E-state index is 11.2. The second-order valence-corrected chi connectivity index (χ2v) is 4.98. The number of carbonyl (C=O) groups is 1. The van der Waals surface area contributed by atoms with Crippen LogP contribution in [0.4, 0.5) is 11.5 Å². The van der Waals surface area contributed by atoms with Crippen molar-refractivity contribution in [3.05, 3.63) is 52.6 Å². The zero-order chi connectivity index (χ0) is 16.8. The molecule has 1 heterocycles. The average Bonchev–Trinajstić information content (AvgIpc) is 2.54. The summed E-state index contributed by atoms with van der Waals surface area (Å²) in [5.74, 6) is -0.557. The van der Waals surface area contributed by atoms with Gasteiger partial charge in [0.2, 0.25) is 0 Å². The molecule has 0 unspecified atom stereocenters. The van der Waals surface area contributed by atoms with Crippen LogP contribution < -0.4 is 4.90 Å². The molecule has 0 amide bonds. The summed E-state index contributed by atoms with van der Waals surface area (Å²) in [6.45, 7) is 2.23. The summed E-state index contributed by atoms with van der Waals surface area (Å²) >= 11 is 0. The van der Waals surface area contributed by atoms with Gasteiger partial charge >= 0.3 is 5.97 Å². The van der Waals surface area contributed by atoms with Crippen molar-refractivity contribution < 1.29 is 14.8 Å². The number of aliphatic carboxylic acids is 1. The molecule has 0 aliphatic carbocycles. The topological polar surface area (TPSA) is 96.6 Å². The van der Waals surface area contributed by atoms with E-state index >= 15 is 0 Å². The Morgan fingerprint density at radius 2 is 1.96 bits per heavy atom. The molecule has 0 aliphatic heterocycles. The molecule has 1 N–H and O–H groups in total. The number of hydrogen-bond donors (Lipinski definition) is 1. The third-order valence-electron chi connectivity index (χ3n) is 3.25. The molecule has 0 saturated carbocycles. The first-order valence-electron chi connectivity index (χ1n) is 7.20. The van der Waals surface area contributed by atoms with E-state index in [-0.39, 0.29) is 17.9 Å². The highest BCUT2D eigenvalue weighted by Gasteiger charge is 2.20. The van der Waals surface area contributed by atoms with Gasteiger partial charge in [-0.1, -0.05) is 37.3 Å². The number of anilines is 1. The van der Waals surface area contributed by atoms with Crippen LogP contribution >= 0.6 is 0 Å². The van der Waals surface area contributed by atoms with Gasteiger partial charge in [-0.3, -0.25) is 14.9 Å². The van der Waals surface area contributed by atoms with E-state index in [1.54, 1.807) is 29.2 Å². The molecule has 0 fully saturated rings. The van der Waals surface area contributed by atoms with Crippen molar-refractivity contribution in [2.45, 2.75) is 13.3 Å². The molecule has 7 nitrogen and oxygen atoms in total. The molecule has 0 atom stereocenters. The Morgan fingerprint density at radius 1 is 1.26 bits per heavy atom. The van der Waals surface area contributed by atoms with Crippen molar-refractivity contribution in [2.75, 3.05) is 18.0 Å². The van der Waals surface area contributed by atoms with Crippen molar-refractivity contribution >= 4 is 17.5 Å². The van der Waals surface area contributed by atoms with Gasteiger partial charge in [0.05, 0.1) is 4.92 Å². The van der Waals surface area contributed by atoms with Crippen molar-refractivity contribution in [3.63, 3.8) is 0 Å². The third kappa shape index (κ3) is 4.03. The molecule has 120 valence electrons. The zero-order valence-electron chi connectivity index (χ0n) is 12.7. The van der Waals surface area contributed by atoms with E-state index in [1.807, 2.05) is 13.0 Å². The van der Waals surface area contributed by atoms with E-state index in [0.717, 1.165) is 6.42 Å². The molecule has 2 aromatic rings. The lowest BCUT2D eigenvalue weighted by Crippen LogP contribution is -2.31. The highest BCUT2D eigenvalue weighted by Crippen LogP contribution is 2.30. The molecule has 1 aromatic heterocycles. The Morgan fingerprint density at radius 3 is 2.52 bits per heavy atom. The van der Waals surface area contributed by atoms with Crippen LogP contribution in [0.5, 0.6) is 0 Å². The molecule has 7 heteroatoms. The van der Waals surface area contributed by atoms with E-state index in [4.69, 9.17) is 5.11 Å². The lowest BCUT2D eigenvalue weighted by Gasteiger charge is -2.21. The number of benzene rings is 1. The summed E-state index contributed by atoms with van der Waals surface area (Å²) in [5.41, 5.74) is 0.749. The van der Waals surface area contributed by atoms with Crippen LogP contribution in [-0.4, -0.2) is 34.1 Å². The van der Waals surface area contributed by atoms with Crippen molar-refractivity contribution in [1.29, 1.82) is 0 Å². The number of carboxylic acid groups (broad SMARTS) is 1. The minimum Gasteiger partial charge on any atom is -0.480 e. The zero-order valence-corrected chi connectivity index (χ0v) is 12.7. The molecular formula is C16H17N3O4. The number of aromatic nitrogens is 1. The fourth-order valence-electron chi connectivity index (χ4n) is 2.28. The van der Waals surface area contributed by atoms with Gasteiger partial charge in [0.1, 0.15) is 12.4 Å². The number of carboxylic acids is 1. The Balaban J connectivity index is 2.51. The first-order chi connectivity index (χ1) is 11.0. The largest absolute Gasteiger partial charge is 0.480 e. The highest BCUT2D eigenvalue weighted by atomic mass is 16.6. The monoisotopic (exact) mass is 315 g/mol. The lowest BCUT2D eigenvalue weighted by atomic mass is 10.1. The molecule has 0 bridgehead atoms. The van der Waals surface area contributed by atoms with Crippen LogP contribution in [0, 0.1) is 10.1 Å². The van der Waals surface area contributed by atoms with Gasteiger partial charge < -0.3 is 10.0 Å². The van der Waals surface area contributed by atoms with Crippen LogP contribution in [0.25, 0.3) is 11.3 Å². The molecule has 2 rings (SSSR count). The summed E-state index contributed by atoms with van der Waals surface area (Å²) < 4.78 is 0. The first-order valence-corrected chi connectivity index (χ1v) is 7.20. The predicted octanol–water partition coefficient (Wildman–Crippen LogP) is 2.96. The van der Waals surface area contributed by atoms with Crippen molar-refractivity contribution in [2.24, 2.45) is 0 Å². The molecule has 0 aliphatic rings. The highest BCUT2D eigenvalue weighted by molar-refractivity contribution is 5.75. The molecule has 0 radical (unpaired) electrons. The van der Waals surface area contributed by atoms with E-state index in [2.05, 4.69) is 4.98 Å². The van der Waals surface area contributed by atoms with Crippen molar-refractivity contribution in [1.82, 2.24) is 4.98 Å². The van der Waals surface area contributed by atoms with E-state index in [0.29, 0.717) is 17.9 Å². The quantitative estimate of drug-likeness (QED) is 0.623. The predicted molar refractivity (Wildman–Crippen MR) is 86.5 cm³/mol. The lowest BCUT2D eigenvalue weighted by molar-refractivity contribution is -0.384. The Hall–Kier alpha value is -2.96. The van der Waals surface area contributed by atoms with Gasteiger partial charge in [-0.2, -0.15) is 0 Å². The van der Waals surface area contributed by atoms with E-state index in [9.17, 15) is 14.9 Å². The van der Waals surface area contributed by atoms with Crippen LogP contribution in [0.15, 0.2) is 42.5 Å². The van der Waals surface area contributed by atoms with E-state index < -0.39 is 10.9 Å². The second kappa shape index (κ2) is 7.35. The van der Waals surface area contributed by atoms with Gasteiger partial charge in [0.25, 0.3) is 5.69 Å². The average molecular weight is 315 g/mol. The van der Waals surface area contributed by atoms with Gasteiger partial charge in [-0.05, 0) is 12.5 Å². The summed E-state index contributed by atoms with van der Waals surface area (Å²) in [5, 5.41) is 20.3. The number of nitrogens with zero attached hydrogens (tertiary/aromatic N) is 3. The normalized spacial score (nSPS) is 10.3. The van der Waals surface area contributed by atoms with Gasteiger partial charge in [0.15, 0.2) is 5.69 Å². The van der Waals surface area contributed by atoms with Crippen molar-refractivity contribution in [3.8, 4) is 11.3 Å². The summed E-state index contributed by atoms with van der Waals surface area (Å²) in [6.07, 6.45) is 0.743. The third-order valence-corrected chi connectivity index (χ3v) is 3.25. The van der Waals surface area contributed by atoms with Gasteiger partial charge in [-0.15, -0.1) is 0 Å². The molecule has 0 spiro atoms. The maximum Gasteiger partial charge on any atom is 0.323 e. The first kappa shape index (κ1) is 16.4. The number of hydrogen-bond acceptors (Lipinski definition) is 5. The Bertz CT molecular complexity index is 704. The standard InChI is InChI=1S/C16H17N3O4/c1-2-10-18(11-15(20)21)14-9-8-13(19(22)23)16(17-14)12-6-4-3-5-7-12/h3-9H,2,10-11H2,1H3,(H,20,21). The van der Waals surface area contributed by atoms with Crippen LogP contribution in [-0.2, 0) is 4.79 Å². The van der Waals surface area contributed by atoms with Gasteiger partial charge in [0, 0.05) is 18.2 Å². The summed E-state index contributed by atoms with van der Waals surface area (Å²) in [7, 11) is 0. The minimum atomic E-state index is -0.972. The Labute approximate surface area is 133 Å². The number of pyridine rings is 1. The Kier molecular flexibility index (Phi) is 5.24. The SMILES string of the molecule is CCCN(CC(=O)O)c1ccc([N+](=O)[O-])c(-c2ccccc2)n1.